The Morgan fingerprint density at radius 1 is 1.43 bits per heavy atom. The van der Waals surface area contributed by atoms with E-state index in [-0.39, 0.29) is 5.56 Å². The molecule has 0 fully saturated rings. The first-order valence-corrected chi connectivity index (χ1v) is 5.05. The maximum absolute atomic E-state index is 11.6. The minimum atomic E-state index is 0.0334. The number of rotatable bonds is 4. The van der Waals surface area contributed by atoms with Crippen LogP contribution in [-0.2, 0) is 6.54 Å². The van der Waals surface area contributed by atoms with Gasteiger partial charge in [-0.1, -0.05) is 6.92 Å². The van der Waals surface area contributed by atoms with Crippen LogP contribution in [0, 0.1) is 13.8 Å². The number of hydrogen-bond acceptors (Lipinski definition) is 2. The Morgan fingerprint density at radius 2 is 2.14 bits per heavy atom. The van der Waals surface area contributed by atoms with E-state index in [1.807, 2.05) is 19.9 Å². The molecule has 0 unspecified atom stereocenters. The summed E-state index contributed by atoms with van der Waals surface area (Å²) in [5.41, 5.74) is 2.87. The first-order valence-electron chi connectivity index (χ1n) is 5.05. The zero-order valence-electron chi connectivity index (χ0n) is 9.11. The Kier molecular flexibility index (Phi) is 3.89. The molecule has 0 aliphatic heterocycles. The third kappa shape index (κ3) is 2.70. The van der Waals surface area contributed by atoms with E-state index in [1.165, 1.54) is 0 Å². The van der Waals surface area contributed by atoms with Crippen LogP contribution >= 0.6 is 0 Å². The molecule has 1 aromatic heterocycles. The summed E-state index contributed by atoms with van der Waals surface area (Å²) in [7, 11) is 0. The standard InChI is InChI=1S/C11H18N2O/c1-4-5-12-7-10-8(2)6-9(3)13-11(10)14/h6,12H,4-5,7H2,1-3H3,(H,13,14). The molecule has 0 bridgehead atoms. The molecule has 1 aromatic rings. The maximum Gasteiger partial charge on any atom is 0.252 e. The number of pyridine rings is 1. The van der Waals surface area contributed by atoms with Crippen molar-refractivity contribution in [3.63, 3.8) is 0 Å². The summed E-state index contributed by atoms with van der Waals surface area (Å²) in [5, 5.41) is 3.23. The van der Waals surface area contributed by atoms with Crippen LogP contribution < -0.4 is 10.9 Å². The van der Waals surface area contributed by atoms with Crippen LogP contribution in [0.3, 0.4) is 0 Å². The first-order chi connectivity index (χ1) is 6.65. The van der Waals surface area contributed by atoms with Crippen molar-refractivity contribution in [1.82, 2.24) is 10.3 Å². The zero-order chi connectivity index (χ0) is 10.6. The van der Waals surface area contributed by atoms with Crippen molar-refractivity contribution < 1.29 is 0 Å². The van der Waals surface area contributed by atoms with Crippen LogP contribution in [0.2, 0.25) is 0 Å². The summed E-state index contributed by atoms with van der Waals surface area (Å²) < 4.78 is 0. The molecule has 2 N–H and O–H groups in total. The minimum Gasteiger partial charge on any atom is -0.326 e. The van der Waals surface area contributed by atoms with E-state index in [2.05, 4.69) is 17.2 Å². The highest BCUT2D eigenvalue weighted by molar-refractivity contribution is 5.24. The molecule has 78 valence electrons. The lowest BCUT2D eigenvalue weighted by molar-refractivity contribution is 0.667. The Balaban J connectivity index is 2.81. The molecule has 0 amide bonds. The monoisotopic (exact) mass is 194 g/mol. The number of nitrogens with one attached hydrogen (secondary N) is 2. The zero-order valence-corrected chi connectivity index (χ0v) is 9.11. The van der Waals surface area contributed by atoms with Gasteiger partial charge in [0.1, 0.15) is 0 Å². The minimum absolute atomic E-state index is 0.0334. The highest BCUT2D eigenvalue weighted by Crippen LogP contribution is 2.02. The van der Waals surface area contributed by atoms with Gasteiger partial charge in [0.05, 0.1) is 0 Å². The molecule has 0 saturated heterocycles. The summed E-state index contributed by atoms with van der Waals surface area (Å²) in [6, 6.07) is 2.00. The van der Waals surface area contributed by atoms with E-state index in [9.17, 15) is 4.79 Å². The van der Waals surface area contributed by atoms with E-state index < -0.39 is 0 Å². The van der Waals surface area contributed by atoms with Crippen LogP contribution in [0.1, 0.15) is 30.2 Å². The van der Waals surface area contributed by atoms with Crippen molar-refractivity contribution >= 4 is 0 Å². The molecule has 0 saturated carbocycles. The van der Waals surface area contributed by atoms with Gasteiger partial charge in [0.2, 0.25) is 0 Å². The van der Waals surface area contributed by atoms with Gasteiger partial charge in [-0.3, -0.25) is 4.79 Å². The molecule has 0 spiro atoms. The van der Waals surface area contributed by atoms with E-state index in [0.29, 0.717) is 6.54 Å². The molecule has 0 aliphatic carbocycles. The van der Waals surface area contributed by atoms with Gasteiger partial charge in [0.15, 0.2) is 0 Å². The van der Waals surface area contributed by atoms with Crippen molar-refractivity contribution in [2.24, 2.45) is 0 Å². The fourth-order valence-electron chi connectivity index (χ4n) is 1.49. The number of H-pyrrole nitrogens is 1. The number of aromatic nitrogens is 1. The van der Waals surface area contributed by atoms with Gasteiger partial charge in [0.25, 0.3) is 5.56 Å². The fraction of sp³-hybridized carbons (Fsp3) is 0.545. The van der Waals surface area contributed by atoms with Crippen molar-refractivity contribution in [2.75, 3.05) is 6.54 Å². The van der Waals surface area contributed by atoms with Crippen molar-refractivity contribution in [1.29, 1.82) is 0 Å². The molecule has 1 rings (SSSR count). The summed E-state index contributed by atoms with van der Waals surface area (Å²) in [4.78, 5) is 14.4. The Morgan fingerprint density at radius 3 is 2.71 bits per heavy atom. The molecular formula is C11H18N2O. The SMILES string of the molecule is CCCNCc1c(C)cc(C)[nH]c1=O. The Labute approximate surface area is 84.6 Å². The molecular weight excluding hydrogens is 176 g/mol. The van der Waals surface area contributed by atoms with Crippen LogP contribution in [0.25, 0.3) is 0 Å². The van der Waals surface area contributed by atoms with E-state index >= 15 is 0 Å². The Bertz CT molecular complexity index is 355. The predicted octanol–water partition coefficient (Wildman–Crippen LogP) is 1.49. The second kappa shape index (κ2) is 4.96. The van der Waals surface area contributed by atoms with Crippen LogP contribution in [0.4, 0.5) is 0 Å². The predicted molar refractivity (Wildman–Crippen MR) is 58.5 cm³/mol. The lowest BCUT2D eigenvalue weighted by atomic mass is 10.1. The van der Waals surface area contributed by atoms with Gasteiger partial charge < -0.3 is 10.3 Å². The normalized spacial score (nSPS) is 10.5. The molecule has 0 aromatic carbocycles. The fourth-order valence-corrected chi connectivity index (χ4v) is 1.49. The van der Waals surface area contributed by atoms with Crippen LogP contribution in [-0.4, -0.2) is 11.5 Å². The van der Waals surface area contributed by atoms with Crippen molar-refractivity contribution in [3.05, 3.63) is 33.2 Å². The number of aryl methyl sites for hydroxylation is 2. The highest BCUT2D eigenvalue weighted by Gasteiger charge is 2.03. The van der Waals surface area contributed by atoms with Gasteiger partial charge >= 0.3 is 0 Å². The van der Waals surface area contributed by atoms with Gasteiger partial charge in [-0.2, -0.15) is 0 Å². The topological polar surface area (TPSA) is 44.9 Å². The van der Waals surface area contributed by atoms with E-state index in [1.54, 1.807) is 0 Å². The molecule has 0 atom stereocenters. The van der Waals surface area contributed by atoms with Crippen LogP contribution in [0.5, 0.6) is 0 Å². The molecule has 14 heavy (non-hydrogen) atoms. The smallest absolute Gasteiger partial charge is 0.252 e. The van der Waals surface area contributed by atoms with E-state index in [0.717, 1.165) is 29.8 Å². The van der Waals surface area contributed by atoms with Gasteiger partial charge in [-0.05, 0) is 38.4 Å². The summed E-state index contributed by atoms with van der Waals surface area (Å²) in [6.45, 7) is 7.60. The molecule has 3 nitrogen and oxygen atoms in total. The van der Waals surface area contributed by atoms with Gasteiger partial charge in [-0.15, -0.1) is 0 Å². The highest BCUT2D eigenvalue weighted by atomic mass is 16.1. The number of hydrogen-bond donors (Lipinski definition) is 2. The third-order valence-electron chi connectivity index (χ3n) is 2.22. The molecule has 3 heteroatoms. The average Bonchev–Trinajstić information content (AvgIpc) is 2.09. The van der Waals surface area contributed by atoms with E-state index in [4.69, 9.17) is 0 Å². The average molecular weight is 194 g/mol. The lowest BCUT2D eigenvalue weighted by Gasteiger charge is -2.06. The quantitative estimate of drug-likeness (QED) is 0.713. The summed E-state index contributed by atoms with van der Waals surface area (Å²) in [5.74, 6) is 0. The Hall–Kier alpha value is -1.09. The molecule has 0 radical (unpaired) electrons. The van der Waals surface area contributed by atoms with Crippen molar-refractivity contribution in [2.45, 2.75) is 33.7 Å². The lowest BCUT2D eigenvalue weighted by Crippen LogP contribution is -2.23. The van der Waals surface area contributed by atoms with Gasteiger partial charge in [0, 0.05) is 17.8 Å². The number of aromatic amines is 1. The second-order valence-electron chi connectivity index (χ2n) is 3.62. The van der Waals surface area contributed by atoms with Crippen LogP contribution in [0.15, 0.2) is 10.9 Å². The van der Waals surface area contributed by atoms with Crippen molar-refractivity contribution in [3.8, 4) is 0 Å². The largest absolute Gasteiger partial charge is 0.326 e. The summed E-state index contributed by atoms with van der Waals surface area (Å²) in [6.07, 6.45) is 1.09. The summed E-state index contributed by atoms with van der Waals surface area (Å²) >= 11 is 0. The van der Waals surface area contributed by atoms with Gasteiger partial charge in [-0.25, -0.2) is 0 Å². The maximum atomic E-state index is 11.6. The molecule has 0 aliphatic rings. The first kappa shape index (κ1) is 11.0. The third-order valence-corrected chi connectivity index (χ3v) is 2.22. The molecule has 1 heterocycles. The second-order valence-corrected chi connectivity index (χ2v) is 3.62.